The van der Waals surface area contributed by atoms with Crippen molar-refractivity contribution in [2.24, 2.45) is 0 Å². The molecule has 0 bridgehead atoms. The Hall–Kier alpha value is -1.65. The Labute approximate surface area is 113 Å². The topological polar surface area (TPSA) is 61.2 Å². The molecule has 1 aromatic rings. The maximum Gasteiger partial charge on any atom is 0.306 e. The lowest BCUT2D eigenvalue weighted by Gasteiger charge is -2.04. The van der Waals surface area contributed by atoms with Crippen LogP contribution in [0.4, 0.5) is 0 Å². The number of carbonyl (C=O) groups is 2. The molecule has 0 N–H and O–H groups in total. The van der Waals surface area contributed by atoms with Crippen molar-refractivity contribution in [3.63, 3.8) is 0 Å². The number of ketones is 1. The molecule has 5 heteroatoms. The van der Waals surface area contributed by atoms with Crippen molar-refractivity contribution in [2.45, 2.75) is 53.0 Å². The molecule has 0 aliphatic heterocycles. The normalized spacial score (nSPS) is 10.5. The number of hydrogen-bond acceptors (Lipinski definition) is 4. The van der Waals surface area contributed by atoms with E-state index < -0.39 is 0 Å². The molecule has 1 aromatic heterocycles. The number of aryl methyl sites for hydroxylation is 3. The van der Waals surface area contributed by atoms with E-state index in [1.54, 1.807) is 6.92 Å². The number of nitrogens with zero attached hydrogens (tertiary/aromatic N) is 2. The summed E-state index contributed by atoms with van der Waals surface area (Å²) < 4.78 is 6.70. The van der Waals surface area contributed by atoms with Crippen LogP contribution in [0.25, 0.3) is 0 Å². The molecule has 0 aliphatic rings. The quantitative estimate of drug-likeness (QED) is 0.676. The second-order valence-corrected chi connectivity index (χ2v) is 4.44. The minimum Gasteiger partial charge on any atom is -0.466 e. The highest BCUT2D eigenvalue weighted by Crippen LogP contribution is 2.08. The number of carbonyl (C=O) groups excluding carboxylic acids is 2. The summed E-state index contributed by atoms with van der Waals surface area (Å²) in [6.45, 7) is 6.90. The SMILES string of the molecule is CCOC(=O)CCC(=O)CCc1cc(C)nn1CC. The molecule has 0 aromatic carbocycles. The van der Waals surface area contributed by atoms with Gasteiger partial charge < -0.3 is 4.74 Å². The lowest BCUT2D eigenvalue weighted by Crippen LogP contribution is -2.09. The maximum atomic E-state index is 11.7. The molecule has 0 radical (unpaired) electrons. The molecule has 1 heterocycles. The van der Waals surface area contributed by atoms with Gasteiger partial charge in [-0.1, -0.05) is 0 Å². The average Bonchev–Trinajstić information content (AvgIpc) is 2.74. The molecule has 0 amide bonds. The second-order valence-electron chi connectivity index (χ2n) is 4.44. The largest absolute Gasteiger partial charge is 0.466 e. The average molecular weight is 266 g/mol. The van der Waals surface area contributed by atoms with Crippen LogP contribution in [0, 0.1) is 6.92 Å². The van der Waals surface area contributed by atoms with E-state index in [9.17, 15) is 9.59 Å². The van der Waals surface area contributed by atoms with Gasteiger partial charge in [0.15, 0.2) is 0 Å². The number of Topliss-reactive ketones (excluding diaryl/α,β-unsaturated/α-hetero) is 1. The highest BCUT2D eigenvalue weighted by atomic mass is 16.5. The molecule has 0 fully saturated rings. The van der Waals surface area contributed by atoms with E-state index in [0.717, 1.165) is 17.9 Å². The molecule has 0 atom stereocenters. The van der Waals surface area contributed by atoms with Gasteiger partial charge in [0.05, 0.1) is 18.7 Å². The van der Waals surface area contributed by atoms with Crippen LogP contribution in [0.1, 0.15) is 44.5 Å². The molecule has 19 heavy (non-hydrogen) atoms. The van der Waals surface area contributed by atoms with Crippen LogP contribution < -0.4 is 0 Å². The molecule has 0 saturated heterocycles. The Bertz CT molecular complexity index is 438. The van der Waals surface area contributed by atoms with Gasteiger partial charge in [0.25, 0.3) is 0 Å². The van der Waals surface area contributed by atoms with Gasteiger partial charge in [0.1, 0.15) is 5.78 Å². The van der Waals surface area contributed by atoms with Gasteiger partial charge in [0.2, 0.25) is 0 Å². The first-order chi connectivity index (χ1) is 9.06. The number of aromatic nitrogens is 2. The monoisotopic (exact) mass is 266 g/mol. The predicted molar refractivity (Wildman–Crippen MR) is 71.8 cm³/mol. The van der Waals surface area contributed by atoms with E-state index in [0.29, 0.717) is 19.4 Å². The van der Waals surface area contributed by atoms with Crippen LogP contribution >= 0.6 is 0 Å². The molecule has 0 saturated carbocycles. The van der Waals surface area contributed by atoms with Crippen LogP contribution in [-0.4, -0.2) is 28.1 Å². The summed E-state index contributed by atoms with van der Waals surface area (Å²) in [5.74, 6) is -0.208. The second kappa shape index (κ2) is 7.71. The van der Waals surface area contributed by atoms with Crippen molar-refractivity contribution in [1.29, 1.82) is 0 Å². The zero-order valence-corrected chi connectivity index (χ0v) is 11.9. The Morgan fingerprint density at radius 3 is 2.63 bits per heavy atom. The molecule has 0 spiro atoms. The van der Waals surface area contributed by atoms with Gasteiger partial charge >= 0.3 is 5.97 Å². The summed E-state index contributed by atoms with van der Waals surface area (Å²) in [4.78, 5) is 22.8. The first-order valence-corrected chi connectivity index (χ1v) is 6.77. The summed E-state index contributed by atoms with van der Waals surface area (Å²) >= 11 is 0. The Balaban J connectivity index is 2.35. The van der Waals surface area contributed by atoms with Crippen molar-refractivity contribution in [3.8, 4) is 0 Å². The maximum absolute atomic E-state index is 11.7. The molecule has 0 unspecified atom stereocenters. The summed E-state index contributed by atoms with van der Waals surface area (Å²) in [6, 6.07) is 2.00. The smallest absolute Gasteiger partial charge is 0.306 e. The zero-order chi connectivity index (χ0) is 14.3. The number of rotatable bonds is 8. The van der Waals surface area contributed by atoms with Gasteiger partial charge in [-0.2, -0.15) is 5.10 Å². The third kappa shape index (κ3) is 5.24. The highest BCUT2D eigenvalue weighted by Gasteiger charge is 2.10. The fourth-order valence-corrected chi connectivity index (χ4v) is 1.94. The van der Waals surface area contributed by atoms with Crippen molar-refractivity contribution < 1.29 is 14.3 Å². The Morgan fingerprint density at radius 2 is 2.00 bits per heavy atom. The van der Waals surface area contributed by atoms with Crippen molar-refractivity contribution in [1.82, 2.24) is 9.78 Å². The third-order valence-electron chi connectivity index (χ3n) is 2.86. The van der Waals surface area contributed by atoms with Gasteiger partial charge in [-0.05, 0) is 33.3 Å². The molecule has 1 rings (SSSR count). The van der Waals surface area contributed by atoms with Crippen LogP contribution in [-0.2, 0) is 27.3 Å². The number of hydrogen-bond donors (Lipinski definition) is 0. The van der Waals surface area contributed by atoms with Gasteiger partial charge in [0, 0.05) is 25.1 Å². The lowest BCUT2D eigenvalue weighted by atomic mass is 10.1. The van der Waals surface area contributed by atoms with Crippen LogP contribution in [0.15, 0.2) is 6.07 Å². The van der Waals surface area contributed by atoms with Gasteiger partial charge in [-0.15, -0.1) is 0 Å². The van der Waals surface area contributed by atoms with E-state index in [1.807, 2.05) is 24.6 Å². The van der Waals surface area contributed by atoms with Crippen LogP contribution in [0.5, 0.6) is 0 Å². The summed E-state index contributed by atoms with van der Waals surface area (Å²) in [7, 11) is 0. The molecular formula is C14H22N2O3. The van der Waals surface area contributed by atoms with Crippen molar-refractivity contribution in [3.05, 3.63) is 17.5 Å². The minimum atomic E-state index is -0.301. The molecular weight excluding hydrogens is 244 g/mol. The van der Waals surface area contributed by atoms with E-state index in [2.05, 4.69) is 5.10 Å². The molecule has 0 aliphatic carbocycles. The minimum absolute atomic E-state index is 0.0922. The number of esters is 1. The summed E-state index contributed by atoms with van der Waals surface area (Å²) in [6.07, 6.45) is 1.57. The van der Waals surface area contributed by atoms with Crippen molar-refractivity contribution in [2.75, 3.05) is 6.61 Å². The Kier molecular flexibility index (Phi) is 6.25. The summed E-state index contributed by atoms with van der Waals surface area (Å²) in [5, 5.41) is 4.34. The van der Waals surface area contributed by atoms with Crippen molar-refractivity contribution >= 4 is 11.8 Å². The Morgan fingerprint density at radius 1 is 1.26 bits per heavy atom. The van der Waals surface area contributed by atoms with Gasteiger partial charge in [-0.3, -0.25) is 14.3 Å². The third-order valence-corrected chi connectivity index (χ3v) is 2.86. The summed E-state index contributed by atoms with van der Waals surface area (Å²) in [5.41, 5.74) is 2.04. The standard InChI is InChI=1S/C14H22N2O3/c1-4-16-12(10-11(3)15-16)6-7-13(17)8-9-14(18)19-5-2/h10H,4-9H2,1-3H3. The fraction of sp³-hybridized carbons (Fsp3) is 0.643. The fourth-order valence-electron chi connectivity index (χ4n) is 1.94. The first kappa shape index (κ1) is 15.4. The zero-order valence-electron chi connectivity index (χ0n) is 11.9. The van der Waals surface area contributed by atoms with E-state index >= 15 is 0 Å². The van der Waals surface area contributed by atoms with E-state index in [4.69, 9.17) is 4.74 Å². The number of ether oxygens (including phenoxy) is 1. The first-order valence-electron chi connectivity index (χ1n) is 6.77. The van der Waals surface area contributed by atoms with Gasteiger partial charge in [-0.25, -0.2) is 0 Å². The highest BCUT2D eigenvalue weighted by molar-refractivity contribution is 5.83. The molecule has 5 nitrogen and oxygen atoms in total. The van der Waals surface area contributed by atoms with E-state index in [-0.39, 0.29) is 24.6 Å². The molecule has 106 valence electrons. The lowest BCUT2D eigenvalue weighted by molar-refractivity contribution is -0.144. The van der Waals surface area contributed by atoms with Crippen LogP contribution in [0.2, 0.25) is 0 Å². The van der Waals surface area contributed by atoms with E-state index in [1.165, 1.54) is 0 Å². The van der Waals surface area contributed by atoms with Crippen LogP contribution in [0.3, 0.4) is 0 Å². The predicted octanol–water partition coefficient (Wildman–Crippen LogP) is 2.06.